The highest BCUT2D eigenvalue weighted by Gasteiger charge is 2.41. The number of halogens is 1. The number of alkyl halides is 1. The molecule has 31 heavy (non-hydrogen) atoms. The molecule has 5 heteroatoms. The summed E-state index contributed by atoms with van der Waals surface area (Å²) in [6.07, 6.45) is 8.86. The number of aliphatic carboxylic acids is 1. The maximum atomic E-state index is 10.6. The number of aliphatic hydroxyl groups is 2. The Morgan fingerprint density at radius 1 is 1.19 bits per heavy atom. The van der Waals surface area contributed by atoms with Crippen LogP contribution in [0.2, 0.25) is 0 Å². The molecule has 0 aromatic heterocycles. The highest BCUT2D eigenvalue weighted by Crippen LogP contribution is 2.45. The zero-order chi connectivity index (χ0) is 23.0. The van der Waals surface area contributed by atoms with Crippen LogP contribution >= 0.6 is 11.6 Å². The molecular formula is C26H39ClO4. The Morgan fingerprint density at radius 2 is 1.87 bits per heavy atom. The monoisotopic (exact) mass is 450 g/mol. The lowest BCUT2D eigenvalue weighted by Crippen LogP contribution is -2.18. The van der Waals surface area contributed by atoms with E-state index in [1.807, 2.05) is 30.3 Å². The van der Waals surface area contributed by atoms with Crippen molar-refractivity contribution in [2.24, 2.45) is 11.3 Å². The Morgan fingerprint density at radius 3 is 2.48 bits per heavy atom. The van der Waals surface area contributed by atoms with Crippen molar-refractivity contribution < 1.29 is 20.1 Å². The van der Waals surface area contributed by atoms with Gasteiger partial charge in [0.2, 0.25) is 0 Å². The number of carboxylic acids is 1. The SMILES string of the molecule is CC(C)(C)CCCC(O)c1ccc([C@H]2C(O)C[C@@H](Cl)[C@@H]2CC=CCCCC(=O)O)cc1. The second-order valence-electron chi connectivity index (χ2n) is 10.1. The molecule has 0 saturated heterocycles. The second kappa shape index (κ2) is 12.0. The van der Waals surface area contributed by atoms with Crippen molar-refractivity contribution >= 4 is 17.6 Å². The van der Waals surface area contributed by atoms with Crippen LogP contribution in [0.5, 0.6) is 0 Å². The number of hydrogen-bond donors (Lipinski definition) is 3. The highest BCUT2D eigenvalue weighted by molar-refractivity contribution is 6.21. The normalized spacial score (nSPS) is 25.2. The fourth-order valence-electron chi connectivity index (χ4n) is 4.50. The molecule has 1 fully saturated rings. The number of aliphatic hydroxyl groups excluding tert-OH is 2. The first-order chi connectivity index (χ1) is 14.6. The molecule has 0 spiro atoms. The quantitative estimate of drug-likeness (QED) is 0.213. The first kappa shape index (κ1) is 25.9. The van der Waals surface area contributed by atoms with Gasteiger partial charge in [0.15, 0.2) is 0 Å². The average molecular weight is 451 g/mol. The molecule has 1 aliphatic rings. The second-order valence-corrected chi connectivity index (χ2v) is 10.7. The van der Waals surface area contributed by atoms with Gasteiger partial charge in [-0.05, 0) is 61.0 Å². The van der Waals surface area contributed by atoms with E-state index in [9.17, 15) is 15.0 Å². The molecule has 0 heterocycles. The molecule has 174 valence electrons. The van der Waals surface area contributed by atoms with Crippen LogP contribution < -0.4 is 0 Å². The van der Waals surface area contributed by atoms with Gasteiger partial charge in [-0.25, -0.2) is 0 Å². The smallest absolute Gasteiger partial charge is 0.303 e. The highest BCUT2D eigenvalue weighted by atomic mass is 35.5. The van der Waals surface area contributed by atoms with Gasteiger partial charge in [0, 0.05) is 17.7 Å². The first-order valence-electron chi connectivity index (χ1n) is 11.6. The van der Waals surface area contributed by atoms with Gasteiger partial charge < -0.3 is 15.3 Å². The maximum Gasteiger partial charge on any atom is 0.303 e. The van der Waals surface area contributed by atoms with Crippen LogP contribution in [0.15, 0.2) is 36.4 Å². The van der Waals surface area contributed by atoms with Crippen LogP contribution in [-0.4, -0.2) is 32.8 Å². The molecule has 1 aromatic rings. The average Bonchev–Trinajstić information content (AvgIpc) is 2.96. The number of allylic oxidation sites excluding steroid dienone is 2. The summed E-state index contributed by atoms with van der Waals surface area (Å²) in [5.41, 5.74) is 2.26. The van der Waals surface area contributed by atoms with E-state index in [4.69, 9.17) is 16.7 Å². The fraction of sp³-hybridized carbons (Fsp3) is 0.654. The topological polar surface area (TPSA) is 77.8 Å². The van der Waals surface area contributed by atoms with Crippen molar-refractivity contribution in [2.75, 3.05) is 0 Å². The lowest BCUT2D eigenvalue weighted by atomic mass is 9.84. The summed E-state index contributed by atoms with van der Waals surface area (Å²) in [5, 5.41) is 29.8. The fourth-order valence-corrected chi connectivity index (χ4v) is 4.94. The zero-order valence-electron chi connectivity index (χ0n) is 19.1. The third kappa shape index (κ3) is 8.59. The largest absolute Gasteiger partial charge is 0.481 e. The van der Waals surface area contributed by atoms with E-state index >= 15 is 0 Å². The number of carbonyl (C=O) groups is 1. The summed E-state index contributed by atoms with van der Waals surface area (Å²) in [4.78, 5) is 10.6. The van der Waals surface area contributed by atoms with Crippen LogP contribution in [0.1, 0.15) is 95.3 Å². The Hall–Kier alpha value is -1.36. The van der Waals surface area contributed by atoms with E-state index in [0.29, 0.717) is 12.8 Å². The molecule has 0 aliphatic heterocycles. The molecule has 0 amide bonds. The van der Waals surface area contributed by atoms with Gasteiger partial charge in [-0.3, -0.25) is 4.79 Å². The minimum Gasteiger partial charge on any atom is -0.481 e. The molecule has 0 radical (unpaired) electrons. The lowest BCUT2D eigenvalue weighted by Gasteiger charge is -2.24. The van der Waals surface area contributed by atoms with E-state index in [1.165, 1.54) is 0 Å². The Bertz CT molecular complexity index is 707. The predicted molar refractivity (Wildman–Crippen MR) is 126 cm³/mol. The van der Waals surface area contributed by atoms with Crippen molar-refractivity contribution in [3.8, 4) is 0 Å². The molecule has 0 bridgehead atoms. The third-order valence-electron chi connectivity index (χ3n) is 6.25. The van der Waals surface area contributed by atoms with E-state index in [1.54, 1.807) is 0 Å². The Balaban J connectivity index is 1.95. The molecule has 1 saturated carbocycles. The van der Waals surface area contributed by atoms with E-state index in [-0.39, 0.29) is 29.0 Å². The van der Waals surface area contributed by atoms with Crippen LogP contribution in [0.4, 0.5) is 0 Å². The van der Waals surface area contributed by atoms with Gasteiger partial charge in [0.05, 0.1) is 12.2 Å². The van der Waals surface area contributed by atoms with Crippen molar-refractivity contribution in [3.05, 3.63) is 47.5 Å². The summed E-state index contributed by atoms with van der Waals surface area (Å²) in [6, 6.07) is 8.00. The number of rotatable bonds is 11. The van der Waals surface area contributed by atoms with Gasteiger partial charge in [0.25, 0.3) is 0 Å². The molecule has 1 aromatic carbocycles. The summed E-state index contributed by atoms with van der Waals surface area (Å²) in [5.74, 6) is -0.663. The van der Waals surface area contributed by atoms with Crippen molar-refractivity contribution in [3.63, 3.8) is 0 Å². The molecule has 2 unspecified atom stereocenters. The van der Waals surface area contributed by atoms with Crippen molar-refractivity contribution in [1.29, 1.82) is 0 Å². The molecular weight excluding hydrogens is 412 g/mol. The number of benzene rings is 1. The summed E-state index contributed by atoms with van der Waals surface area (Å²) >= 11 is 6.56. The standard InChI is InChI=1S/C26H39ClO4/c1-26(2,3)16-8-10-22(28)18-12-14-19(15-13-18)25-20(21(27)17-23(25)29)9-6-4-5-7-11-24(30)31/h4,6,12-15,20-23,25,28-29H,5,7-11,16-17H2,1-3H3,(H,30,31)/t20-,21+,22?,23?,25+/m0/s1. The van der Waals surface area contributed by atoms with E-state index in [0.717, 1.165) is 43.2 Å². The molecule has 4 nitrogen and oxygen atoms in total. The zero-order valence-corrected chi connectivity index (χ0v) is 19.9. The van der Waals surface area contributed by atoms with Crippen molar-refractivity contribution in [1.82, 2.24) is 0 Å². The van der Waals surface area contributed by atoms with Gasteiger partial charge in [0.1, 0.15) is 0 Å². The minimum absolute atomic E-state index is 0.0294. The molecule has 2 rings (SSSR count). The van der Waals surface area contributed by atoms with Gasteiger partial charge in [-0.1, -0.05) is 63.6 Å². The van der Waals surface area contributed by atoms with Crippen LogP contribution in [-0.2, 0) is 4.79 Å². The van der Waals surface area contributed by atoms with E-state index in [2.05, 4.69) is 26.8 Å². The lowest BCUT2D eigenvalue weighted by molar-refractivity contribution is -0.137. The summed E-state index contributed by atoms with van der Waals surface area (Å²) < 4.78 is 0. The van der Waals surface area contributed by atoms with Crippen LogP contribution in [0, 0.1) is 11.3 Å². The number of hydrogen-bond acceptors (Lipinski definition) is 3. The number of unbranched alkanes of at least 4 members (excludes halogenated alkanes) is 1. The number of carboxylic acid groups (broad SMARTS) is 1. The predicted octanol–water partition coefficient (Wildman–Crippen LogP) is 6.21. The van der Waals surface area contributed by atoms with Gasteiger partial charge in [-0.15, -0.1) is 11.6 Å². The summed E-state index contributed by atoms with van der Waals surface area (Å²) in [7, 11) is 0. The third-order valence-corrected chi connectivity index (χ3v) is 6.76. The van der Waals surface area contributed by atoms with Gasteiger partial charge >= 0.3 is 5.97 Å². The van der Waals surface area contributed by atoms with E-state index < -0.39 is 18.2 Å². The van der Waals surface area contributed by atoms with Crippen LogP contribution in [0.3, 0.4) is 0 Å². The molecule has 3 N–H and O–H groups in total. The Kier molecular flexibility index (Phi) is 10.1. The molecule has 1 aliphatic carbocycles. The summed E-state index contributed by atoms with van der Waals surface area (Å²) in [6.45, 7) is 6.65. The molecule has 5 atom stereocenters. The van der Waals surface area contributed by atoms with Crippen LogP contribution in [0.25, 0.3) is 0 Å². The maximum absolute atomic E-state index is 10.6. The van der Waals surface area contributed by atoms with Gasteiger partial charge in [-0.2, -0.15) is 0 Å². The Labute approximate surface area is 192 Å². The minimum atomic E-state index is -0.768. The van der Waals surface area contributed by atoms with Crippen molar-refractivity contribution in [2.45, 2.75) is 95.6 Å². The first-order valence-corrected chi connectivity index (χ1v) is 12.0.